The van der Waals surface area contributed by atoms with Crippen LogP contribution in [0, 0.1) is 0 Å². The monoisotopic (exact) mass is 406 g/mol. The van der Waals surface area contributed by atoms with Crippen LogP contribution in [0.1, 0.15) is 24.2 Å². The van der Waals surface area contributed by atoms with Crippen molar-refractivity contribution in [1.82, 2.24) is 20.0 Å². The molecule has 1 atom stereocenters. The second kappa shape index (κ2) is 8.72. The number of aromatic nitrogens is 2. The van der Waals surface area contributed by atoms with E-state index < -0.39 is 10.0 Å². The minimum absolute atomic E-state index is 0.0552. The van der Waals surface area contributed by atoms with E-state index in [1.807, 2.05) is 26.4 Å². The fourth-order valence-electron chi connectivity index (χ4n) is 3.03. The van der Waals surface area contributed by atoms with Crippen molar-refractivity contribution in [3.05, 3.63) is 47.8 Å². The fraction of sp³-hybridized carbons (Fsp3) is 0.444. The molecule has 1 aromatic carbocycles. The number of aliphatic imine (C=N–C) groups is 1. The quantitative estimate of drug-likeness (QED) is 0.555. The Bertz CT molecular complexity index is 923. The third-order valence-corrected chi connectivity index (χ3v) is 5.39. The molecule has 1 aromatic heterocycles. The number of sulfonamides is 1. The third-order valence-electron chi connectivity index (χ3n) is 4.46. The number of primary sulfonamides is 1. The molecule has 3 N–H and O–H groups in total. The molecular formula is C18H26N6O3S. The molecule has 0 radical (unpaired) electrons. The Hall–Kier alpha value is -2.43. The van der Waals surface area contributed by atoms with Crippen LogP contribution in [0.4, 0.5) is 0 Å². The van der Waals surface area contributed by atoms with Gasteiger partial charge in [-0.25, -0.2) is 18.5 Å². The lowest BCUT2D eigenvalue weighted by Crippen LogP contribution is -2.48. The molecule has 0 amide bonds. The minimum Gasteiger partial charge on any atom is -0.370 e. The molecule has 1 aliphatic rings. The second-order valence-corrected chi connectivity index (χ2v) is 8.17. The smallest absolute Gasteiger partial charge is 0.238 e. The number of hydrogen-bond donors (Lipinski definition) is 2. The van der Waals surface area contributed by atoms with E-state index in [2.05, 4.69) is 15.3 Å². The Labute approximate surface area is 165 Å². The first-order valence-electron chi connectivity index (χ1n) is 9.12. The van der Waals surface area contributed by atoms with Crippen molar-refractivity contribution in [2.75, 3.05) is 26.2 Å². The van der Waals surface area contributed by atoms with E-state index in [1.54, 1.807) is 16.8 Å². The lowest BCUT2D eigenvalue weighted by atomic mass is 10.1. The first kappa shape index (κ1) is 20.3. The molecule has 10 heteroatoms. The molecule has 0 bridgehead atoms. The van der Waals surface area contributed by atoms with Crippen LogP contribution in [0.5, 0.6) is 0 Å². The highest BCUT2D eigenvalue weighted by molar-refractivity contribution is 7.89. The molecule has 9 nitrogen and oxygen atoms in total. The summed E-state index contributed by atoms with van der Waals surface area (Å²) in [6.07, 6.45) is 3.73. The number of ether oxygens (including phenoxy) is 1. The largest absolute Gasteiger partial charge is 0.370 e. The number of benzene rings is 1. The molecule has 0 spiro atoms. The fourth-order valence-corrected chi connectivity index (χ4v) is 3.54. The highest BCUT2D eigenvalue weighted by Crippen LogP contribution is 2.21. The second-order valence-electron chi connectivity index (χ2n) is 6.61. The minimum atomic E-state index is -3.68. The predicted octanol–water partition coefficient (Wildman–Crippen LogP) is 0.607. The van der Waals surface area contributed by atoms with E-state index in [9.17, 15) is 8.42 Å². The van der Waals surface area contributed by atoms with Gasteiger partial charge in [0.05, 0.1) is 30.8 Å². The maximum atomic E-state index is 11.4. The van der Waals surface area contributed by atoms with E-state index in [4.69, 9.17) is 14.9 Å². The topological polar surface area (TPSA) is 115 Å². The molecule has 152 valence electrons. The SMILES string of the molecule is CCNC(=NCc1ccc(S(N)(=O)=O)cc1)N1CCOC(c2cnn(C)c2)C1. The number of morpholine rings is 1. The molecule has 1 aliphatic heterocycles. The van der Waals surface area contributed by atoms with Crippen molar-refractivity contribution in [2.24, 2.45) is 17.2 Å². The van der Waals surface area contributed by atoms with Gasteiger partial charge < -0.3 is 15.0 Å². The average molecular weight is 407 g/mol. The maximum Gasteiger partial charge on any atom is 0.238 e. The van der Waals surface area contributed by atoms with Gasteiger partial charge in [-0.1, -0.05) is 12.1 Å². The van der Waals surface area contributed by atoms with Gasteiger partial charge >= 0.3 is 0 Å². The van der Waals surface area contributed by atoms with Crippen LogP contribution < -0.4 is 10.5 Å². The van der Waals surface area contributed by atoms with E-state index in [1.165, 1.54) is 12.1 Å². The standard InChI is InChI=1S/C18H26N6O3S/c1-3-20-18(21-10-14-4-6-16(7-5-14)28(19,25)26)24-8-9-27-17(13-24)15-11-22-23(2)12-15/h4-7,11-12,17H,3,8-10,13H2,1-2H3,(H,20,21)(H2,19,25,26). The van der Waals surface area contributed by atoms with Gasteiger partial charge in [0.15, 0.2) is 5.96 Å². The van der Waals surface area contributed by atoms with Crippen LogP contribution in [-0.2, 0) is 28.4 Å². The summed E-state index contributed by atoms with van der Waals surface area (Å²) in [5, 5.41) is 12.7. The molecule has 3 rings (SSSR count). The van der Waals surface area contributed by atoms with E-state index in [0.717, 1.165) is 30.2 Å². The number of guanidine groups is 1. The van der Waals surface area contributed by atoms with Crippen molar-refractivity contribution in [3.8, 4) is 0 Å². The zero-order valence-corrected chi connectivity index (χ0v) is 16.9. The van der Waals surface area contributed by atoms with E-state index in [0.29, 0.717) is 19.7 Å². The van der Waals surface area contributed by atoms with Crippen molar-refractivity contribution >= 4 is 16.0 Å². The van der Waals surface area contributed by atoms with Gasteiger partial charge in [0.25, 0.3) is 0 Å². The number of hydrogen-bond acceptors (Lipinski definition) is 5. The first-order valence-corrected chi connectivity index (χ1v) is 10.7. The highest BCUT2D eigenvalue weighted by atomic mass is 32.2. The lowest BCUT2D eigenvalue weighted by Gasteiger charge is -2.34. The number of nitrogens with two attached hydrogens (primary N) is 1. The summed E-state index contributed by atoms with van der Waals surface area (Å²) < 4.78 is 30.4. The number of nitrogens with one attached hydrogen (secondary N) is 1. The zero-order valence-electron chi connectivity index (χ0n) is 16.1. The van der Waals surface area contributed by atoms with Crippen LogP contribution in [0.2, 0.25) is 0 Å². The normalized spacial score (nSPS) is 18.3. The van der Waals surface area contributed by atoms with Gasteiger partial charge in [-0.3, -0.25) is 4.68 Å². The molecule has 28 heavy (non-hydrogen) atoms. The maximum absolute atomic E-state index is 11.4. The molecule has 1 saturated heterocycles. The third kappa shape index (κ3) is 5.09. The molecule has 0 aliphatic carbocycles. The lowest BCUT2D eigenvalue weighted by molar-refractivity contribution is -0.00805. The predicted molar refractivity (Wildman–Crippen MR) is 106 cm³/mol. The van der Waals surface area contributed by atoms with Crippen molar-refractivity contribution in [3.63, 3.8) is 0 Å². The summed E-state index contributed by atoms with van der Waals surface area (Å²) in [5.41, 5.74) is 1.95. The molecule has 1 fully saturated rings. The van der Waals surface area contributed by atoms with E-state index in [-0.39, 0.29) is 11.0 Å². The summed E-state index contributed by atoms with van der Waals surface area (Å²) in [4.78, 5) is 6.97. The summed E-state index contributed by atoms with van der Waals surface area (Å²) in [6.45, 7) is 5.23. The van der Waals surface area contributed by atoms with Gasteiger partial charge in [0, 0.05) is 31.9 Å². The zero-order chi connectivity index (χ0) is 20.1. The van der Waals surface area contributed by atoms with Crippen LogP contribution >= 0.6 is 0 Å². The van der Waals surface area contributed by atoms with Gasteiger partial charge in [-0.2, -0.15) is 5.10 Å². The van der Waals surface area contributed by atoms with Crippen molar-refractivity contribution < 1.29 is 13.2 Å². The van der Waals surface area contributed by atoms with E-state index >= 15 is 0 Å². The van der Waals surface area contributed by atoms with Gasteiger partial charge in [-0.05, 0) is 24.6 Å². The Morgan fingerprint density at radius 3 is 2.75 bits per heavy atom. The van der Waals surface area contributed by atoms with Gasteiger partial charge in [0.1, 0.15) is 6.10 Å². The summed E-state index contributed by atoms with van der Waals surface area (Å²) in [5.74, 6) is 0.801. The Morgan fingerprint density at radius 1 is 1.39 bits per heavy atom. The molecular weight excluding hydrogens is 380 g/mol. The summed E-state index contributed by atoms with van der Waals surface area (Å²) in [6, 6.07) is 6.45. The number of rotatable bonds is 5. The number of nitrogens with zero attached hydrogens (tertiary/aromatic N) is 4. The van der Waals surface area contributed by atoms with Crippen LogP contribution in [0.15, 0.2) is 46.5 Å². The molecule has 0 saturated carbocycles. The van der Waals surface area contributed by atoms with Gasteiger partial charge in [0.2, 0.25) is 10.0 Å². The van der Waals surface area contributed by atoms with Crippen LogP contribution in [-0.4, -0.2) is 55.3 Å². The first-order chi connectivity index (χ1) is 13.4. The Balaban J connectivity index is 1.71. The highest BCUT2D eigenvalue weighted by Gasteiger charge is 2.25. The Morgan fingerprint density at radius 2 is 2.14 bits per heavy atom. The van der Waals surface area contributed by atoms with Crippen LogP contribution in [0.25, 0.3) is 0 Å². The molecule has 1 unspecified atom stereocenters. The molecule has 2 aromatic rings. The Kier molecular flexibility index (Phi) is 6.32. The van der Waals surface area contributed by atoms with Crippen LogP contribution in [0.3, 0.4) is 0 Å². The van der Waals surface area contributed by atoms with Gasteiger partial charge in [-0.15, -0.1) is 0 Å². The average Bonchev–Trinajstić information content (AvgIpc) is 3.11. The molecule has 2 heterocycles. The van der Waals surface area contributed by atoms with Crippen molar-refractivity contribution in [2.45, 2.75) is 24.5 Å². The summed E-state index contributed by atoms with van der Waals surface area (Å²) >= 11 is 0. The van der Waals surface area contributed by atoms with Crippen molar-refractivity contribution in [1.29, 1.82) is 0 Å². The summed E-state index contributed by atoms with van der Waals surface area (Å²) in [7, 11) is -1.80. The number of aryl methyl sites for hydroxylation is 1.